The van der Waals surface area contributed by atoms with Crippen LogP contribution in [-0.2, 0) is 17.6 Å². The molecule has 1 heterocycles. The Balaban J connectivity index is 1.69. The van der Waals surface area contributed by atoms with Gasteiger partial charge in [-0.25, -0.2) is 0 Å². The van der Waals surface area contributed by atoms with E-state index in [-0.39, 0.29) is 11.9 Å². The zero-order valence-corrected chi connectivity index (χ0v) is 11.6. The van der Waals surface area contributed by atoms with Gasteiger partial charge in [-0.2, -0.15) is 0 Å². The van der Waals surface area contributed by atoms with Crippen LogP contribution in [0.1, 0.15) is 34.9 Å². The Morgan fingerprint density at radius 3 is 3.00 bits per heavy atom. The van der Waals surface area contributed by atoms with Crippen molar-refractivity contribution in [1.29, 1.82) is 0 Å². The number of nitrogens with one attached hydrogen (secondary N) is 1. The molecular weight excluding hydrogens is 254 g/mol. The number of rotatable bonds is 3. The molecule has 0 radical (unpaired) electrons. The zero-order chi connectivity index (χ0) is 13.1. The molecule has 2 aromatic rings. The number of carbonyl (C=O) groups is 1. The largest absolute Gasteiger partial charge is 0.349 e. The summed E-state index contributed by atoms with van der Waals surface area (Å²) in [5.41, 5.74) is 2.68. The molecule has 3 heteroatoms. The van der Waals surface area contributed by atoms with Crippen molar-refractivity contribution >= 4 is 17.2 Å². The SMILES string of the molecule is O=C(Cc1cccs1)N[C@@H]1CCCc2ccccc21. The van der Waals surface area contributed by atoms with Crippen LogP contribution >= 0.6 is 11.3 Å². The lowest BCUT2D eigenvalue weighted by atomic mass is 9.87. The number of fused-ring (bicyclic) bond motifs is 1. The van der Waals surface area contributed by atoms with Crippen molar-refractivity contribution in [3.63, 3.8) is 0 Å². The maximum Gasteiger partial charge on any atom is 0.225 e. The minimum absolute atomic E-state index is 0.129. The first-order chi connectivity index (χ1) is 9.33. The summed E-state index contributed by atoms with van der Waals surface area (Å²) < 4.78 is 0. The van der Waals surface area contributed by atoms with Gasteiger partial charge >= 0.3 is 0 Å². The molecule has 2 nitrogen and oxygen atoms in total. The Morgan fingerprint density at radius 2 is 2.16 bits per heavy atom. The molecule has 98 valence electrons. The number of aryl methyl sites for hydroxylation is 1. The molecule has 0 saturated carbocycles. The van der Waals surface area contributed by atoms with E-state index in [2.05, 4.69) is 29.6 Å². The van der Waals surface area contributed by atoms with E-state index in [1.165, 1.54) is 11.1 Å². The number of hydrogen-bond acceptors (Lipinski definition) is 2. The summed E-state index contributed by atoms with van der Waals surface area (Å²) in [5.74, 6) is 0.129. The van der Waals surface area contributed by atoms with E-state index in [1.54, 1.807) is 11.3 Å². The molecule has 0 spiro atoms. The Labute approximate surface area is 117 Å². The van der Waals surface area contributed by atoms with Gasteiger partial charge in [-0.15, -0.1) is 11.3 Å². The van der Waals surface area contributed by atoms with Gasteiger partial charge in [-0.05, 0) is 41.8 Å². The van der Waals surface area contributed by atoms with Crippen LogP contribution in [0.25, 0.3) is 0 Å². The lowest BCUT2D eigenvalue weighted by Crippen LogP contribution is -2.31. The van der Waals surface area contributed by atoms with E-state index in [9.17, 15) is 4.79 Å². The number of hydrogen-bond donors (Lipinski definition) is 1. The van der Waals surface area contributed by atoms with Crippen molar-refractivity contribution in [2.75, 3.05) is 0 Å². The minimum atomic E-state index is 0.129. The summed E-state index contributed by atoms with van der Waals surface area (Å²) in [5, 5.41) is 5.19. The second kappa shape index (κ2) is 5.57. The van der Waals surface area contributed by atoms with Crippen LogP contribution < -0.4 is 5.32 Å². The van der Waals surface area contributed by atoms with Crippen molar-refractivity contribution in [1.82, 2.24) is 5.32 Å². The number of amides is 1. The second-order valence-corrected chi connectivity index (χ2v) is 6.00. The quantitative estimate of drug-likeness (QED) is 0.909. The van der Waals surface area contributed by atoms with Crippen LogP contribution in [0.5, 0.6) is 0 Å². The third kappa shape index (κ3) is 2.87. The Kier molecular flexibility index (Phi) is 3.65. The topological polar surface area (TPSA) is 29.1 Å². The highest BCUT2D eigenvalue weighted by molar-refractivity contribution is 7.10. The Bertz CT molecular complexity index is 562. The number of carbonyl (C=O) groups excluding carboxylic acids is 1. The highest BCUT2D eigenvalue weighted by Gasteiger charge is 2.21. The van der Waals surface area contributed by atoms with Crippen LogP contribution in [0.2, 0.25) is 0 Å². The Hall–Kier alpha value is -1.61. The molecule has 19 heavy (non-hydrogen) atoms. The van der Waals surface area contributed by atoms with Gasteiger partial charge < -0.3 is 5.32 Å². The normalized spacial score (nSPS) is 17.8. The average molecular weight is 271 g/mol. The van der Waals surface area contributed by atoms with Gasteiger partial charge in [-0.1, -0.05) is 30.3 Å². The van der Waals surface area contributed by atoms with Gasteiger partial charge in [0, 0.05) is 4.88 Å². The van der Waals surface area contributed by atoms with Gasteiger partial charge in [-0.3, -0.25) is 4.79 Å². The summed E-state index contributed by atoms with van der Waals surface area (Å²) in [6.45, 7) is 0. The highest BCUT2D eigenvalue weighted by Crippen LogP contribution is 2.29. The van der Waals surface area contributed by atoms with Gasteiger partial charge in [0.15, 0.2) is 0 Å². The molecule has 1 aromatic carbocycles. The van der Waals surface area contributed by atoms with E-state index >= 15 is 0 Å². The van der Waals surface area contributed by atoms with Crippen LogP contribution in [0.15, 0.2) is 41.8 Å². The fourth-order valence-corrected chi connectivity index (χ4v) is 3.42. The monoisotopic (exact) mass is 271 g/mol. The van der Waals surface area contributed by atoms with Crippen LogP contribution in [0.4, 0.5) is 0 Å². The first-order valence-corrected chi connectivity index (χ1v) is 7.60. The highest BCUT2D eigenvalue weighted by atomic mass is 32.1. The molecule has 1 aliphatic carbocycles. The molecular formula is C16H17NOS. The average Bonchev–Trinajstić information content (AvgIpc) is 2.92. The molecule has 0 bridgehead atoms. The van der Waals surface area contributed by atoms with Crippen LogP contribution in [0, 0.1) is 0 Å². The molecule has 1 N–H and O–H groups in total. The van der Waals surface area contributed by atoms with E-state index in [1.807, 2.05) is 17.5 Å². The summed E-state index contributed by atoms with van der Waals surface area (Å²) in [4.78, 5) is 13.2. The summed E-state index contributed by atoms with van der Waals surface area (Å²) in [7, 11) is 0. The molecule has 0 unspecified atom stereocenters. The van der Waals surface area contributed by atoms with E-state index in [0.717, 1.165) is 24.1 Å². The number of benzene rings is 1. The first-order valence-electron chi connectivity index (χ1n) is 6.72. The van der Waals surface area contributed by atoms with Crippen molar-refractivity contribution < 1.29 is 4.79 Å². The maximum absolute atomic E-state index is 12.1. The lowest BCUT2D eigenvalue weighted by Gasteiger charge is -2.26. The van der Waals surface area contributed by atoms with Gasteiger partial charge in [0.2, 0.25) is 5.91 Å². The zero-order valence-electron chi connectivity index (χ0n) is 10.8. The van der Waals surface area contributed by atoms with Crippen molar-refractivity contribution in [2.24, 2.45) is 0 Å². The van der Waals surface area contributed by atoms with E-state index in [4.69, 9.17) is 0 Å². The minimum Gasteiger partial charge on any atom is -0.349 e. The molecule has 1 amide bonds. The van der Waals surface area contributed by atoms with Gasteiger partial charge in [0.05, 0.1) is 12.5 Å². The smallest absolute Gasteiger partial charge is 0.225 e. The summed E-state index contributed by atoms with van der Waals surface area (Å²) in [6.07, 6.45) is 3.83. The predicted octanol–water partition coefficient (Wildman–Crippen LogP) is 3.48. The third-order valence-electron chi connectivity index (χ3n) is 3.62. The molecule has 0 saturated heterocycles. The molecule has 3 rings (SSSR count). The fourth-order valence-electron chi connectivity index (χ4n) is 2.72. The van der Waals surface area contributed by atoms with Gasteiger partial charge in [0.1, 0.15) is 0 Å². The maximum atomic E-state index is 12.1. The molecule has 1 atom stereocenters. The van der Waals surface area contributed by atoms with E-state index in [0.29, 0.717) is 6.42 Å². The van der Waals surface area contributed by atoms with Crippen LogP contribution in [0.3, 0.4) is 0 Å². The fraction of sp³-hybridized carbons (Fsp3) is 0.312. The molecule has 0 aliphatic heterocycles. The second-order valence-electron chi connectivity index (χ2n) is 4.97. The van der Waals surface area contributed by atoms with Crippen molar-refractivity contribution in [3.8, 4) is 0 Å². The molecule has 1 aliphatic rings. The van der Waals surface area contributed by atoms with Crippen molar-refractivity contribution in [2.45, 2.75) is 31.7 Å². The van der Waals surface area contributed by atoms with Gasteiger partial charge in [0.25, 0.3) is 0 Å². The first kappa shape index (κ1) is 12.4. The molecule has 1 aromatic heterocycles. The van der Waals surface area contributed by atoms with Crippen molar-refractivity contribution in [3.05, 3.63) is 57.8 Å². The lowest BCUT2D eigenvalue weighted by molar-refractivity contribution is -0.121. The summed E-state index contributed by atoms with van der Waals surface area (Å²) >= 11 is 1.64. The number of thiophene rings is 1. The predicted molar refractivity (Wildman–Crippen MR) is 78.3 cm³/mol. The molecule has 0 fully saturated rings. The standard InChI is InChI=1S/C16H17NOS/c18-16(11-13-7-4-10-19-13)17-15-9-3-6-12-5-1-2-8-14(12)15/h1-2,4-5,7-8,10,15H,3,6,9,11H2,(H,17,18)/t15-/m1/s1. The van der Waals surface area contributed by atoms with E-state index < -0.39 is 0 Å². The van der Waals surface area contributed by atoms with Crippen LogP contribution in [-0.4, -0.2) is 5.91 Å². The Morgan fingerprint density at radius 1 is 1.26 bits per heavy atom. The third-order valence-corrected chi connectivity index (χ3v) is 4.50. The summed E-state index contributed by atoms with van der Waals surface area (Å²) in [6, 6.07) is 12.6.